The molecule has 2 saturated carbocycles. The maximum Gasteiger partial charge on any atom is 0.273 e. The number of hydrogen-bond acceptors (Lipinski definition) is 6. The van der Waals surface area contributed by atoms with Crippen molar-refractivity contribution in [2.45, 2.75) is 19.4 Å². The minimum Gasteiger partial charge on any atom is -0.292 e. The molecule has 2 aromatic carbocycles. The molecule has 36 heavy (non-hydrogen) atoms. The topological polar surface area (TPSA) is 118 Å². The number of carbonyl (C=O) groups excluding carboxylic acids is 4. The summed E-state index contributed by atoms with van der Waals surface area (Å²) in [5.74, 6) is -2.47. The first-order valence-corrected chi connectivity index (χ1v) is 12.0. The quantitative estimate of drug-likeness (QED) is 0.204. The first-order valence-electron chi connectivity index (χ1n) is 12.0. The van der Waals surface area contributed by atoms with Gasteiger partial charge >= 0.3 is 0 Å². The minimum atomic E-state index is -1.16. The molecule has 0 unspecified atom stereocenters. The number of hydrazine groups is 1. The van der Waals surface area contributed by atoms with Crippen LogP contribution in [-0.4, -0.2) is 44.5 Å². The van der Waals surface area contributed by atoms with Crippen LogP contribution in [0.5, 0.6) is 0 Å². The average Bonchev–Trinajstić information content (AvgIpc) is 3.68. The Bertz CT molecular complexity index is 1300. The van der Waals surface area contributed by atoms with Gasteiger partial charge in [0, 0.05) is 23.3 Å². The first kappa shape index (κ1) is 22.3. The van der Waals surface area contributed by atoms with Crippen molar-refractivity contribution in [3.63, 3.8) is 0 Å². The Balaban J connectivity index is 1.40. The molecule has 3 fully saturated rings. The highest BCUT2D eigenvalue weighted by molar-refractivity contribution is 6.11. The lowest BCUT2D eigenvalue weighted by Gasteiger charge is -2.37. The Kier molecular flexibility index (Phi) is 4.93. The van der Waals surface area contributed by atoms with E-state index in [1.54, 1.807) is 30.3 Å². The van der Waals surface area contributed by atoms with E-state index in [1.165, 1.54) is 31.2 Å². The van der Waals surface area contributed by atoms with Crippen molar-refractivity contribution in [3.8, 4) is 0 Å². The fraction of sp³-hybridized carbons (Fsp3) is 0.333. The summed E-state index contributed by atoms with van der Waals surface area (Å²) in [6.07, 6.45) is 5.08. The number of Topliss-reactive ketones (excluding diaryl/α,β-unsaturated/α-hetero) is 1. The van der Waals surface area contributed by atoms with E-state index in [0.717, 1.165) is 16.4 Å². The third kappa shape index (κ3) is 3.15. The van der Waals surface area contributed by atoms with Crippen LogP contribution in [0.1, 0.15) is 34.1 Å². The summed E-state index contributed by atoms with van der Waals surface area (Å²) in [7, 11) is 0. The predicted molar refractivity (Wildman–Crippen MR) is 126 cm³/mol. The van der Waals surface area contributed by atoms with Crippen molar-refractivity contribution < 1.29 is 24.1 Å². The van der Waals surface area contributed by atoms with Gasteiger partial charge in [-0.3, -0.25) is 29.3 Å². The van der Waals surface area contributed by atoms with E-state index in [1.807, 2.05) is 12.2 Å². The third-order valence-corrected chi connectivity index (χ3v) is 8.19. The van der Waals surface area contributed by atoms with Crippen LogP contribution in [0.25, 0.3) is 0 Å². The number of non-ortho nitro benzene ring substituents is 1. The highest BCUT2D eigenvalue weighted by Crippen LogP contribution is 2.65. The largest absolute Gasteiger partial charge is 0.292 e. The van der Waals surface area contributed by atoms with Crippen LogP contribution >= 0.6 is 0 Å². The van der Waals surface area contributed by atoms with Crippen LogP contribution < -0.4 is 0 Å². The molecule has 0 spiro atoms. The fourth-order valence-electron chi connectivity index (χ4n) is 6.41. The summed E-state index contributed by atoms with van der Waals surface area (Å²) in [6, 6.07) is 12.1. The summed E-state index contributed by atoms with van der Waals surface area (Å²) in [5.41, 5.74) is 0.173. The number of nitro groups is 1. The van der Waals surface area contributed by atoms with Crippen LogP contribution in [0.15, 0.2) is 66.7 Å². The van der Waals surface area contributed by atoms with Crippen LogP contribution in [0.3, 0.4) is 0 Å². The van der Waals surface area contributed by atoms with Crippen molar-refractivity contribution in [2.75, 3.05) is 0 Å². The van der Waals surface area contributed by atoms with E-state index in [2.05, 4.69) is 0 Å². The van der Waals surface area contributed by atoms with Crippen LogP contribution in [0.4, 0.5) is 5.69 Å². The van der Waals surface area contributed by atoms with Gasteiger partial charge in [0.25, 0.3) is 23.4 Å². The average molecular weight is 485 g/mol. The molecule has 182 valence electrons. The monoisotopic (exact) mass is 485 g/mol. The molecule has 9 heteroatoms. The third-order valence-electron chi connectivity index (χ3n) is 8.19. The maximum absolute atomic E-state index is 13.8. The molecule has 0 radical (unpaired) electrons. The van der Waals surface area contributed by atoms with Gasteiger partial charge in [0.05, 0.1) is 16.8 Å². The number of imide groups is 1. The number of amides is 3. The molecule has 1 aliphatic heterocycles. The van der Waals surface area contributed by atoms with Crippen molar-refractivity contribution >= 4 is 29.2 Å². The molecule has 5 aliphatic rings. The van der Waals surface area contributed by atoms with E-state index in [9.17, 15) is 29.3 Å². The Hall–Kier alpha value is -4.14. The Morgan fingerprint density at radius 3 is 2.00 bits per heavy atom. The number of nitrogens with zero attached hydrogens (tertiary/aromatic N) is 3. The van der Waals surface area contributed by atoms with Crippen LogP contribution in [0, 0.1) is 45.6 Å². The van der Waals surface area contributed by atoms with Gasteiger partial charge in [0.1, 0.15) is 6.04 Å². The van der Waals surface area contributed by atoms with Gasteiger partial charge < -0.3 is 0 Å². The number of nitro benzene ring substituents is 1. The van der Waals surface area contributed by atoms with Gasteiger partial charge in [0.15, 0.2) is 5.78 Å². The molecule has 4 aliphatic carbocycles. The normalized spacial score (nSPS) is 30.0. The lowest BCUT2D eigenvalue weighted by atomic mass is 9.63. The summed E-state index contributed by atoms with van der Waals surface area (Å²) in [4.78, 5) is 65.2. The molecule has 3 amide bonds. The predicted octanol–water partition coefficient (Wildman–Crippen LogP) is 3.28. The summed E-state index contributed by atoms with van der Waals surface area (Å²) < 4.78 is 0. The molecule has 0 aromatic heterocycles. The second kappa shape index (κ2) is 7.94. The number of hydrogen-bond donors (Lipinski definition) is 0. The lowest BCUT2D eigenvalue weighted by Crippen LogP contribution is -2.56. The van der Waals surface area contributed by atoms with Crippen LogP contribution in [-0.2, 0) is 9.59 Å². The number of ketones is 1. The Morgan fingerprint density at radius 2 is 1.47 bits per heavy atom. The SMILES string of the molecule is C[C@H](C(=O)c1ccccc1)N(C(=O)c1ccc([N+](=O)[O-])cc1)N1C(=O)[C@@H]2[C@H]3C=C[C@@H]([C@@H]4C[C@@H]34)[C@H]2C1=O. The van der Waals surface area contributed by atoms with Gasteiger partial charge in [-0.2, -0.15) is 5.01 Å². The fourth-order valence-corrected chi connectivity index (χ4v) is 6.41. The number of rotatable bonds is 6. The minimum absolute atomic E-state index is 0.0349. The zero-order chi connectivity index (χ0) is 25.3. The van der Waals surface area contributed by atoms with Crippen molar-refractivity contribution in [1.82, 2.24) is 10.0 Å². The molecule has 2 bridgehead atoms. The molecule has 7 atom stereocenters. The highest BCUT2D eigenvalue weighted by Gasteiger charge is 2.68. The van der Waals surface area contributed by atoms with E-state index >= 15 is 0 Å². The van der Waals surface area contributed by atoms with Gasteiger partial charge in [-0.1, -0.05) is 42.5 Å². The van der Waals surface area contributed by atoms with Crippen molar-refractivity contribution in [2.24, 2.45) is 35.5 Å². The first-order chi connectivity index (χ1) is 17.3. The van der Waals surface area contributed by atoms with E-state index in [-0.39, 0.29) is 23.1 Å². The van der Waals surface area contributed by atoms with Gasteiger partial charge in [-0.15, -0.1) is 0 Å². The van der Waals surface area contributed by atoms with Crippen molar-refractivity contribution in [3.05, 3.63) is 88.0 Å². The number of carbonyl (C=O) groups is 4. The lowest BCUT2D eigenvalue weighted by molar-refractivity contribution is -0.384. The van der Waals surface area contributed by atoms with E-state index in [0.29, 0.717) is 17.4 Å². The second-order valence-electron chi connectivity index (χ2n) is 10.0. The van der Waals surface area contributed by atoms with Crippen molar-refractivity contribution in [1.29, 1.82) is 0 Å². The molecule has 7 rings (SSSR count). The standard InChI is InChI=1S/C27H23N3O6/c1-14(24(31)15-5-3-2-4-6-15)28(25(32)16-7-9-17(10-8-16)30(35)36)29-26(33)22-18-11-12-19(21-13-20(18)21)23(22)27(29)34/h2-12,14,18-23H,13H2,1H3/t14-,18+,19+,20+,21+,22-,23-/m1/s1. The molecular weight excluding hydrogens is 462 g/mol. The number of allylic oxidation sites excluding steroid dienone is 2. The summed E-state index contributed by atoms with van der Waals surface area (Å²) in [5, 5.41) is 12.9. The summed E-state index contributed by atoms with van der Waals surface area (Å²) >= 11 is 0. The number of benzene rings is 2. The second-order valence-corrected chi connectivity index (χ2v) is 10.0. The smallest absolute Gasteiger partial charge is 0.273 e. The molecule has 2 aromatic rings. The van der Waals surface area contributed by atoms with Gasteiger partial charge in [0.2, 0.25) is 0 Å². The van der Waals surface area contributed by atoms with E-state index in [4.69, 9.17) is 0 Å². The molecule has 0 N–H and O–H groups in total. The Labute approximate surface area is 206 Å². The summed E-state index contributed by atoms with van der Waals surface area (Å²) in [6.45, 7) is 1.49. The molecule has 1 heterocycles. The van der Waals surface area contributed by atoms with E-state index < -0.39 is 46.3 Å². The zero-order valence-corrected chi connectivity index (χ0v) is 19.4. The molecular formula is C27H23N3O6. The maximum atomic E-state index is 13.8. The Morgan fingerprint density at radius 1 is 0.917 bits per heavy atom. The van der Waals surface area contributed by atoms with Crippen LogP contribution in [0.2, 0.25) is 0 Å². The van der Waals surface area contributed by atoms with Gasteiger partial charge in [-0.25, -0.2) is 5.01 Å². The molecule has 1 saturated heterocycles. The highest BCUT2D eigenvalue weighted by atomic mass is 16.6. The van der Waals surface area contributed by atoms with Gasteiger partial charge in [-0.05, 0) is 49.1 Å². The molecule has 9 nitrogen and oxygen atoms in total. The zero-order valence-electron chi connectivity index (χ0n) is 19.4.